The zero-order valence-electron chi connectivity index (χ0n) is 12.8. The normalized spacial score (nSPS) is 31.7. The summed E-state index contributed by atoms with van der Waals surface area (Å²) >= 11 is 0. The van der Waals surface area contributed by atoms with Gasteiger partial charge in [0, 0.05) is 18.6 Å². The van der Waals surface area contributed by atoms with Crippen LogP contribution < -0.4 is 5.73 Å². The van der Waals surface area contributed by atoms with Crippen LogP contribution in [0.4, 0.5) is 0 Å². The van der Waals surface area contributed by atoms with Crippen LogP contribution in [-0.2, 0) is 0 Å². The number of likely N-dealkylation sites (N-methyl/N-ethyl adjacent to an activating group) is 1. The molecule has 5 atom stereocenters. The summed E-state index contributed by atoms with van der Waals surface area (Å²) in [6, 6.07) is 11.3. The van der Waals surface area contributed by atoms with Crippen molar-refractivity contribution in [1.82, 2.24) is 4.90 Å². The van der Waals surface area contributed by atoms with Crippen molar-refractivity contribution in [2.24, 2.45) is 23.5 Å². The van der Waals surface area contributed by atoms with Crippen molar-refractivity contribution in [2.75, 3.05) is 13.6 Å². The lowest BCUT2D eigenvalue weighted by atomic mass is 9.87. The second-order valence-corrected chi connectivity index (χ2v) is 7.09. The van der Waals surface area contributed by atoms with Crippen LogP contribution in [0, 0.1) is 17.8 Å². The molecule has 2 bridgehead atoms. The number of benzene rings is 1. The predicted molar refractivity (Wildman–Crippen MR) is 84.4 cm³/mol. The molecule has 0 radical (unpaired) electrons. The Bertz CT molecular complexity index is 428. The first kappa shape index (κ1) is 14.1. The molecule has 2 saturated carbocycles. The lowest BCUT2D eigenvalue weighted by Crippen LogP contribution is -2.40. The van der Waals surface area contributed by atoms with Crippen molar-refractivity contribution in [3.05, 3.63) is 35.9 Å². The Morgan fingerprint density at radius 2 is 1.95 bits per heavy atom. The van der Waals surface area contributed by atoms with Crippen LogP contribution in [0.5, 0.6) is 0 Å². The van der Waals surface area contributed by atoms with Crippen molar-refractivity contribution >= 4 is 0 Å². The number of rotatable bonds is 5. The molecule has 1 aromatic carbocycles. The van der Waals surface area contributed by atoms with Crippen molar-refractivity contribution in [1.29, 1.82) is 0 Å². The number of fused-ring (bicyclic) bond motifs is 2. The first-order valence-corrected chi connectivity index (χ1v) is 8.16. The molecule has 0 aliphatic heterocycles. The van der Waals surface area contributed by atoms with Gasteiger partial charge in [0.05, 0.1) is 0 Å². The van der Waals surface area contributed by atoms with E-state index in [2.05, 4.69) is 49.2 Å². The molecule has 0 heterocycles. The highest BCUT2D eigenvalue weighted by atomic mass is 15.1. The summed E-state index contributed by atoms with van der Waals surface area (Å²) < 4.78 is 0. The van der Waals surface area contributed by atoms with Crippen LogP contribution in [-0.4, -0.2) is 24.5 Å². The van der Waals surface area contributed by atoms with E-state index in [9.17, 15) is 0 Å². The minimum atomic E-state index is 0.168. The van der Waals surface area contributed by atoms with Crippen molar-refractivity contribution < 1.29 is 0 Å². The highest BCUT2D eigenvalue weighted by molar-refractivity contribution is 5.20. The van der Waals surface area contributed by atoms with Gasteiger partial charge in [-0.05, 0) is 56.6 Å². The molecule has 2 N–H and O–H groups in total. The molecule has 0 saturated heterocycles. The van der Waals surface area contributed by atoms with E-state index < -0.39 is 0 Å². The van der Waals surface area contributed by atoms with Crippen molar-refractivity contribution in [3.63, 3.8) is 0 Å². The molecule has 0 aromatic heterocycles. The molecule has 20 heavy (non-hydrogen) atoms. The fraction of sp³-hybridized carbons (Fsp3) is 0.667. The van der Waals surface area contributed by atoms with Gasteiger partial charge in [0.2, 0.25) is 0 Å². The van der Waals surface area contributed by atoms with E-state index in [4.69, 9.17) is 5.73 Å². The Labute approximate surface area is 123 Å². The van der Waals surface area contributed by atoms with E-state index in [1.54, 1.807) is 0 Å². The highest BCUT2D eigenvalue weighted by Gasteiger charge is 2.40. The average Bonchev–Trinajstić information content (AvgIpc) is 3.02. The first-order valence-electron chi connectivity index (χ1n) is 8.16. The molecule has 2 aliphatic rings. The number of nitrogens with zero attached hydrogens (tertiary/aromatic N) is 1. The molecule has 3 rings (SSSR count). The van der Waals surface area contributed by atoms with Crippen LogP contribution in [0.2, 0.25) is 0 Å². The number of nitrogens with two attached hydrogens (primary N) is 1. The summed E-state index contributed by atoms with van der Waals surface area (Å²) in [7, 11) is 2.26. The summed E-state index contributed by atoms with van der Waals surface area (Å²) in [5.41, 5.74) is 7.63. The van der Waals surface area contributed by atoms with Crippen LogP contribution in [0.1, 0.15) is 44.2 Å². The average molecular weight is 272 g/mol. The SMILES string of the molecule is CC(N)C(c1ccccc1)N(C)CC1CC2CCC1C2. The monoisotopic (exact) mass is 272 g/mol. The molecule has 2 heteroatoms. The largest absolute Gasteiger partial charge is 0.326 e. The van der Waals surface area contributed by atoms with Gasteiger partial charge in [0.1, 0.15) is 0 Å². The second kappa shape index (κ2) is 5.87. The van der Waals surface area contributed by atoms with Crippen LogP contribution >= 0.6 is 0 Å². The molecule has 0 spiro atoms. The maximum absolute atomic E-state index is 6.28. The second-order valence-electron chi connectivity index (χ2n) is 7.09. The van der Waals surface area contributed by atoms with Gasteiger partial charge in [-0.15, -0.1) is 0 Å². The summed E-state index contributed by atoms with van der Waals surface area (Å²) in [6.07, 6.45) is 5.90. The van der Waals surface area contributed by atoms with Crippen molar-refractivity contribution in [2.45, 2.75) is 44.7 Å². The summed E-state index contributed by atoms with van der Waals surface area (Å²) in [5, 5.41) is 0. The molecule has 2 fully saturated rings. The standard InChI is InChI=1S/C18H28N2/c1-13(19)18(15-6-4-3-5-7-15)20(2)12-17-11-14-8-9-16(17)10-14/h3-7,13-14,16-18H,8-12,19H2,1-2H3. The molecule has 2 nitrogen and oxygen atoms in total. The van der Waals surface area contributed by atoms with Crippen molar-refractivity contribution in [3.8, 4) is 0 Å². The number of hydrogen-bond acceptors (Lipinski definition) is 2. The summed E-state index contributed by atoms with van der Waals surface area (Å²) in [6.45, 7) is 3.34. The molecule has 1 aromatic rings. The lowest BCUT2D eigenvalue weighted by molar-refractivity contribution is 0.158. The molecular formula is C18H28N2. The van der Waals surface area contributed by atoms with Crippen LogP contribution in [0.15, 0.2) is 30.3 Å². The Hall–Kier alpha value is -0.860. The van der Waals surface area contributed by atoms with Gasteiger partial charge in [-0.25, -0.2) is 0 Å². The third-order valence-corrected chi connectivity index (χ3v) is 5.52. The van der Waals surface area contributed by atoms with Crippen LogP contribution in [0.25, 0.3) is 0 Å². The van der Waals surface area contributed by atoms with Gasteiger partial charge < -0.3 is 5.73 Å². The Morgan fingerprint density at radius 1 is 1.20 bits per heavy atom. The smallest absolute Gasteiger partial charge is 0.0493 e. The van der Waals surface area contributed by atoms with E-state index in [-0.39, 0.29) is 6.04 Å². The predicted octanol–water partition coefficient (Wildman–Crippen LogP) is 3.44. The maximum atomic E-state index is 6.28. The topological polar surface area (TPSA) is 29.3 Å². The van der Waals surface area contributed by atoms with E-state index >= 15 is 0 Å². The molecule has 0 amide bonds. The third kappa shape index (κ3) is 2.77. The Morgan fingerprint density at radius 3 is 2.50 bits per heavy atom. The Balaban J connectivity index is 1.68. The molecule has 2 aliphatic carbocycles. The van der Waals surface area contributed by atoms with Gasteiger partial charge in [-0.3, -0.25) is 4.90 Å². The van der Waals surface area contributed by atoms with E-state index in [0.717, 1.165) is 17.8 Å². The quantitative estimate of drug-likeness (QED) is 0.889. The maximum Gasteiger partial charge on any atom is 0.0493 e. The zero-order chi connectivity index (χ0) is 14.1. The first-order chi connectivity index (χ1) is 9.65. The molecular weight excluding hydrogens is 244 g/mol. The minimum Gasteiger partial charge on any atom is -0.326 e. The van der Waals surface area contributed by atoms with Gasteiger partial charge in [-0.1, -0.05) is 36.8 Å². The fourth-order valence-electron chi connectivity index (χ4n) is 4.69. The minimum absolute atomic E-state index is 0.168. The van der Waals surface area contributed by atoms with E-state index in [1.807, 2.05) is 0 Å². The van der Waals surface area contributed by atoms with Gasteiger partial charge >= 0.3 is 0 Å². The fourth-order valence-corrected chi connectivity index (χ4v) is 4.69. The zero-order valence-corrected chi connectivity index (χ0v) is 12.8. The summed E-state index contributed by atoms with van der Waals surface area (Å²) in [4.78, 5) is 2.51. The van der Waals surface area contributed by atoms with E-state index in [1.165, 1.54) is 37.8 Å². The van der Waals surface area contributed by atoms with Gasteiger partial charge in [-0.2, -0.15) is 0 Å². The summed E-state index contributed by atoms with van der Waals surface area (Å²) in [5.74, 6) is 2.93. The molecule has 5 unspecified atom stereocenters. The number of hydrogen-bond donors (Lipinski definition) is 1. The third-order valence-electron chi connectivity index (χ3n) is 5.52. The highest BCUT2D eigenvalue weighted by Crippen LogP contribution is 2.48. The van der Waals surface area contributed by atoms with Gasteiger partial charge in [0.25, 0.3) is 0 Å². The van der Waals surface area contributed by atoms with Gasteiger partial charge in [0.15, 0.2) is 0 Å². The van der Waals surface area contributed by atoms with E-state index in [0.29, 0.717) is 6.04 Å². The Kier molecular flexibility index (Phi) is 4.13. The van der Waals surface area contributed by atoms with Crippen LogP contribution in [0.3, 0.4) is 0 Å². The lowest BCUT2D eigenvalue weighted by Gasteiger charge is -2.35. The molecule has 110 valence electrons.